The van der Waals surface area contributed by atoms with Gasteiger partial charge in [-0.05, 0) is 31.7 Å². The van der Waals surface area contributed by atoms with Crippen molar-refractivity contribution in [2.24, 2.45) is 5.41 Å². The van der Waals surface area contributed by atoms with Crippen LogP contribution in [0.25, 0.3) is 0 Å². The maximum atomic E-state index is 5.49. The van der Waals surface area contributed by atoms with Crippen molar-refractivity contribution in [2.75, 3.05) is 26.7 Å². The lowest BCUT2D eigenvalue weighted by atomic mass is 9.85. The summed E-state index contributed by atoms with van der Waals surface area (Å²) in [6.07, 6.45) is 2.80. The van der Waals surface area contributed by atoms with E-state index >= 15 is 0 Å². The second-order valence-corrected chi connectivity index (χ2v) is 6.70. The number of nitrogens with one attached hydrogen (secondary N) is 1. The molecular weight excluding hydrogens is 224 g/mol. The maximum Gasteiger partial charge on any atom is 0.0598 e. The van der Waals surface area contributed by atoms with E-state index in [9.17, 15) is 0 Å². The summed E-state index contributed by atoms with van der Waals surface area (Å²) in [6, 6.07) is 1.19. The number of hydrogen-bond donors (Lipinski definition) is 1. The molecule has 0 amide bonds. The SMILES string of the molecule is CCNC(CN1CCC(OC)CC1C)C(C)(C)C. The van der Waals surface area contributed by atoms with Gasteiger partial charge in [-0.2, -0.15) is 0 Å². The molecule has 0 spiro atoms. The lowest BCUT2D eigenvalue weighted by Crippen LogP contribution is -2.53. The number of rotatable bonds is 5. The van der Waals surface area contributed by atoms with Gasteiger partial charge in [0.15, 0.2) is 0 Å². The predicted molar refractivity (Wildman–Crippen MR) is 78.0 cm³/mol. The standard InChI is InChI=1S/C15H32N2O/c1-7-16-14(15(3,4)5)11-17-9-8-13(18-6)10-12(17)2/h12-14,16H,7-11H2,1-6H3. The molecule has 1 aliphatic heterocycles. The quantitative estimate of drug-likeness (QED) is 0.818. The number of ether oxygens (including phenoxy) is 1. The van der Waals surface area contributed by atoms with Crippen LogP contribution in [0, 0.1) is 5.41 Å². The average molecular weight is 256 g/mol. The van der Waals surface area contributed by atoms with E-state index in [1.807, 2.05) is 7.11 Å². The summed E-state index contributed by atoms with van der Waals surface area (Å²) >= 11 is 0. The van der Waals surface area contributed by atoms with Crippen LogP contribution in [0.2, 0.25) is 0 Å². The van der Waals surface area contributed by atoms with E-state index < -0.39 is 0 Å². The molecule has 1 rings (SSSR count). The second kappa shape index (κ2) is 6.88. The minimum absolute atomic E-state index is 0.313. The van der Waals surface area contributed by atoms with Gasteiger partial charge in [0.2, 0.25) is 0 Å². The Morgan fingerprint density at radius 2 is 2.06 bits per heavy atom. The van der Waals surface area contributed by atoms with Gasteiger partial charge in [-0.3, -0.25) is 4.90 Å². The topological polar surface area (TPSA) is 24.5 Å². The first-order chi connectivity index (χ1) is 8.38. The molecule has 1 fully saturated rings. The molecule has 3 unspecified atom stereocenters. The van der Waals surface area contributed by atoms with Gasteiger partial charge in [0.05, 0.1) is 6.10 Å². The number of piperidine rings is 1. The van der Waals surface area contributed by atoms with E-state index in [1.54, 1.807) is 0 Å². The zero-order valence-electron chi connectivity index (χ0n) is 13.1. The van der Waals surface area contributed by atoms with Crippen molar-refractivity contribution in [3.63, 3.8) is 0 Å². The van der Waals surface area contributed by atoms with Gasteiger partial charge < -0.3 is 10.1 Å². The summed E-state index contributed by atoms with van der Waals surface area (Å²) in [6.45, 7) is 14.9. The highest BCUT2D eigenvalue weighted by Crippen LogP contribution is 2.24. The molecule has 1 aliphatic rings. The Hall–Kier alpha value is -0.120. The van der Waals surface area contributed by atoms with Crippen LogP contribution in [0.5, 0.6) is 0 Å². The number of methoxy groups -OCH3 is 1. The summed E-state index contributed by atoms with van der Waals surface area (Å²) in [5.74, 6) is 0. The largest absolute Gasteiger partial charge is 0.381 e. The Kier molecular flexibility index (Phi) is 6.09. The predicted octanol–water partition coefficient (Wildman–Crippen LogP) is 2.51. The maximum absolute atomic E-state index is 5.49. The monoisotopic (exact) mass is 256 g/mol. The van der Waals surface area contributed by atoms with E-state index in [0.717, 1.165) is 19.6 Å². The molecule has 0 aromatic carbocycles. The molecule has 0 aromatic rings. The van der Waals surface area contributed by atoms with E-state index in [1.165, 1.54) is 12.8 Å². The van der Waals surface area contributed by atoms with Crippen LogP contribution in [0.3, 0.4) is 0 Å². The molecule has 18 heavy (non-hydrogen) atoms. The summed E-state index contributed by atoms with van der Waals surface area (Å²) in [5.41, 5.74) is 0.313. The lowest BCUT2D eigenvalue weighted by Gasteiger charge is -2.42. The average Bonchev–Trinajstić information content (AvgIpc) is 2.29. The molecule has 108 valence electrons. The smallest absolute Gasteiger partial charge is 0.0598 e. The van der Waals surface area contributed by atoms with Gasteiger partial charge in [-0.15, -0.1) is 0 Å². The number of likely N-dealkylation sites (N-methyl/N-ethyl adjacent to an activating group) is 1. The molecule has 0 saturated carbocycles. The summed E-state index contributed by atoms with van der Waals surface area (Å²) in [7, 11) is 1.84. The highest BCUT2D eigenvalue weighted by Gasteiger charge is 2.31. The van der Waals surface area contributed by atoms with Crippen LogP contribution < -0.4 is 5.32 Å². The molecule has 0 bridgehead atoms. The van der Waals surface area contributed by atoms with E-state index in [-0.39, 0.29) is 0 Å². The van der Waals surface area contributed by atoms with Crippen molar-refractivity contribution in [1.82, 2.24) is 10.2 Å². The molecule has 0 aliphatic carbocycles. The zero-order valence-corrected chi connectivity index (χ0v) is 13.1. The van der Waals surface area contributed by atoms with Crippen LogP contribution in [-0.2, 0) is 4.74 Å². The van der Waals surface area contributed by atoms with Gasteiger partial charge >= 0.3 is 0 Å². The lowest BCUT2D eigenvalue weighted by molar-refractivity contribution is 0.00757. The third-order valence-corrected chi connectivity index (χ3v) is 4.21. The minimum atomic E-state index is 0.313. The molecular formula is C15H32N2O. The molecule has 1 N–H and O–H groups in total. The molecule has 0 radical (unpaired) electrons. The molecule has 1 heterocycles. The molecule has 3 nitrogen and oxygen atoms in total. The Labute approximate surface area is 113 Å². The highest BCUT2D eigenvalue weighted by atomic mass is 16.5. The summed E-state index contributed by atoms with van der Waals surface area (Å²) in [5, 5.41) is 3.64. The third kappa shape index (κ3) is 4.52. The first-order valence-electron chi connectivity index (χ1n) is 7.38. The molecule has 3 atom stereocenters. The normalized spacial score (nSPS) is 28.3. The van der Waals surface area contributed by atoms with E-state index in [4.69, 9.17) is 4.74 Å². The minimum Gasteiger partial charge on any atom is -0.381 e. The highest BCUT2D eigenvalue weighted by molar-refractivity contribution is 4.87. The molecule has 1 saturated heterocycles. The molecule has 3 heteroatoms. The number of hydrogen-bond acceptors (Lipinski definition) is 3. The molecule has 0 aromatic heterocycles. The number of nitrogens with zero attached hydrogens (tertiary/aromatic N) is 1. The van der Waals surface area contributed by atoms with E-state index in [0.29, 0.717) is 23.6 Å². The van der Waals surface area contributed by atoms with Crippen molar-refractivity contribution < 1.29 is 4.74 Å². The first-order valence-corrected chi connectivity index (χ1v) is 7.38. The van der Waals surface area contributed by atoms with Gasteiger partial charge in [-0.1, -0.05) is 27.7 Å². The van der Waals surface area contributed by atoms with Crippen molar-refractivity contribution in [3.8, 4) is 0 Å². The summed E-state index contributed by atoms with van der Waals surface area (Å²) < 4.78 is 5.49. The van der Waals surface area contributed by atoms with Crippen LogP contribution in [-0.4, -0.2) is 49.8 Å². The van der Waals surface area contributed by atoms with E-state index in [2.05, 4.69) is 44.8 Å². The van der Waals surface area contributed by atoms with Crippen LogP contribution >= 0.6 is 0 Å². The Morgan fingerprint density at radius 3 is 2.50 bits per heavy atom. The van der Waals surface area contributed by atoms with Crippen molar-refractivity contribution in [1.29, 1.82) is 0 Å². The second-order valence-electron chi connectivity index (χ2n) is 6.70. The fourth-order valence-electron chi connectivity index (χ4n) is 2.79. The summed E-state index contributed by atoms with van der Waals surface area (Å²) in [4.78, 5) is 2.62. The van der Waals surface area contributed by atoms with Crippen LogP contribution in [0.15, 0.2) is 0 Å². The van der Waals surface area contributed by atoms with Crippen LogP contribution in [0.4, 0.5) is 0 Å². The number of likely N-dealkylation sites (tertiary alicyclic amines) is 1. The van der Waals surface area contributed by atoms with Gasteiger partial charge in [0.1, 0.15) is 0 Å². The van der Waals surface area contributed by atoms with Gasteiger partial charge in [-0.25, -0.2) is 0 Å². The van der Waals surface area contributed by atoms with Gasteiger partial charge in [0.25, 0.3) is 0 Å². The van der Waals surface area contributed by atoms with Crippen molar-refractivity contribution >= 4 is 0 Å². The first kappa shape index (κ1) is 15.9. The van der Waals surface area contributed by atoms with Crippen molar-refractivity contribution in [3.05, 3.63) is 0 Å². The van der Waals surface area contributed by atoms with Crippen molar-refractivity contribution in [2.45, 2.75) is 65.6 Å². The van der Waals surface area contributed by atoms with Crippen LogP contribution in [0.1, 0.15) is 47.5 Å². The Morgan fingerprint density at radius 1 is 1.39 bits per heavy atom. The van der Waals surface area contributed by atoms with Gasteiger partial charge in [0, 0.05) is 32.3 Å². The third-order valence-electron chi connectivity index (χ3n) is 4.21. The Bertz CT molecular complexity index is 237. The Balaban J connectivity index is 2.54. The fourth-order valence-corrected chi connectivity index (χ4v) is 2.79. The zero-order chi connectivity index (χ0) is 13.8. The fraction of sp³-hybridized carbons (Fsp3) is 1.00.